The topological polar surface area (TPSA) is 89.7 Å². The number of para-hydroxylation sites is 1. The Morgan fingerprint density at radius 3 is 2.81 bits per heavy atom. The minimum absolute atomic E-state index is 0.0289. The van der Waals surface area contributed by atoms with Crippen LogP contribution in [0.15, 0.2) is 18.2 Å². The van der Waals surface area contributed by atoms with Gasteiger partial charge in [0.25, 0.3) is 0 Å². The molecular formula is C9H8ClNO5. The standard InChI is InChI=1S/C9H8ClNO5/c10-6-2-1-3-7(9(6)11(14)15)16-5-4-8(12)13/h1-3H,4-5H2,(H,12,13). The second-order valence-electron chi connectivity index (χ2n) is 2.84. The van der Waals surface area contributed by atoms with Crippen molar-refractivity contribution < 1.29 is 19.6 Å². The molecule has 0 amide bonds. The quantitative estimate of drug-likeness (QED) is 0.634. The van der Waals surface area contributed by atoms with Gasteiger partial charge in [-0.25, -0.2) is 0 Å². The second-order valence-corrected chi connectivity index (χ2v) is 3.24. The Kier molecular flexibility index (Phi) is 4.07. The van der Waals surface area contributed by atoms with E-state index in [0.717, 1.165) is 0 Å². The van der Waals surface area contributed by atoms with Gasteiger partial charge in [-0.15, -0.1) is 0 Å². The zero-order valence-electron chi connectivity index (χ0n) is 8.05. The van der Waals surface area contributed by atoms with Crippen LogP contribution in [0.5, 0.6) is 5.75 Å². The molecule has 0 aliphatic heterocycles. The monoisotopic (exact) mass is 245 g/mol. The van der Waals surface area contributed by atoms with E-state index in [0.29, 0.717) is 0 Å². The maximum atomic E-state index is 10.7. The number of ether oxygens (including phenoxy) is 1. The molecule has 0 radical (unpaired) electrons. The van der Waals surface area contributed by atoms with E-state index in [9.17, 15) is 14.9 Å². The van der Waals surface area contributed by atoms with E-state index in [2.05, 4.69) is 0 Å². The number of nitro benzene ring substituents is 1. The van der Waals surface area contributed by atoms with E-state index in [1.807, 2.05) is 0 Å². The number of nitrogens with zero attached hydrogens (tertiary/aromatic N) is 1. The molecular weight excluding hydrogens is 238 g/mol. The number of rotatable bonds is 5. The predicted molar refractivity (Wildman–Crippen MR) is 55.9 cm³/mol. The number of carbonyl (C=O) groups is 1. The molecule has 6 nitrogen and oxygen atoms in total. The van der Waals surface area contributed by atoms with Crippen LogP contribution in [0, 0.1) is 10.1 Å². The molecule has 0 fully saturated rings. The zero-order valence-corrected chi connectivity index (χ0v) is 8.81. The summed E-state index contributed by atoms with van der Waals surface area (Å²) in [5.74, 6) is -1.07. The molecule has 0 aliphatic carbocycles. The van der Waals surface area contributed by atoms with Crippen LogP contribution in [-0.2, 0) is 4.79 Å². The summed E-state index contributed by atoms with van der Waals surface area (Å²) in [6.45, 7) is -0.142. The predicted octanol–water partition coefficient (Wildman–Crippen LogP) is 2.10. The molecule has 86 valence electrons. The highest BCUT2D eigenvalue weighted by Gasteiger charge is 2.19. The Labute approximate surface area is 95.6 Å². The number of hydrogen-bond donors (Lipinski definition) is 1. The lowest BCUT2D eigenvalue weighted by atomic mass is 10.3. The summed E-state index contributed by atoms with van der Waals surface area (Å²) >= 11 is 5.63. The number of nitro groups is 1. The van der Waals surface area contributed by atoms with E-state index in [1.165, 1.54) is 18.2 Å². The van der Waals surface area contributed by atoms with Crippen LogP contribution in [0.2, 0.25) is 5.02 Å². The molecule has 7 heteroatoms. The lowest BCUT2D eigenvalue weighted by Gasteiger charge is -2.05. The van der Waals surface area contributed by atoms with Gasteiger partial charge in [-0.1, -0.05) is 17.7 Å². The summed E-state index contributed by atoms with van der Waals surface area (Å²) in [5.41, 5.74) is -0.352. The summed E-state index contributed by atoms with van der Waals surface area (Å²) in [5, 5.41) is 19.0. The van der Waals surface area contributed by atoms with Crippen molar-refractivity contribution in [2.45, 2.75) is 6.42 Å². The molecule has 0 unspecified atom stereocenters. The van der Waals surface area contributed by atoms with Crippen LogP contribution in [-0.4, -0.2) is 22.6 Å². The molecule has 0 spiro atoms. The van der Waals surface area contributed by atoms with Gasteiger partial charge in [0.2, 0.25) is 0 Å². The number of aliphatic carboxylic acids is 1. The number of halogens is 1. The molecule has 0 aromatic heterocycles. The first-order valence-electron chi connectivity index (χ1n) is 4.30. The number of carboxylic acid groups (broad SMARTS) is 1. The molecule has 0 heterocycles. The van der Waals surface area contributed by atoms with E-state index < -0.39 is 10.9 Å². The normalized spacial score (nSPS) is 9.81. The molecule has 0 aliphatic rings. The molecule has 0 saturated heterocycles. The molecule has 0 saturated carbocycles. The molecule has 1 N–H and O–H groups in total. The first-order valence-corrected chi connectivity index (χ1v) is 4.67. The van der Waals surface area contributed by atoms with Gasteiger partial charge in [-0.3, -0.25) is 14.9 Å². The fraction of sp³-hybridized carbons (Fsp3) is 0.222. The average molecular weight is 246 g/mol. The highest BCUT2D eigenvalue weighted by atomic mass is 35.5. The minimum atomic E-state index is -1.04. The summed E-state index contributed by atoms with van der Waals surface area (Å²) in [6.07, 6.45) is -0.232. The van der Waals surface area contributed by atoms with Gasteiger partial charge in [-0.2, -0.15) is 0 Å². The second kappa shape index (κ2) is 5.32. The van der Waals surface area contributed by atoms with E-state index in [1.54, 1.807) is 0 Å². The van der Waals surface area contributed by atoms with Crippen molar-refractivity contribution in [2.75, 3.05) is 6.61 Å². The summed E-state index contributed by atoms with van der Waals surface area (Å²) < 4.78 is 4.98. The van der Waals surface area contributed by atoms with Crippen molar-refractivity contribution in [2.24, 2.45) is 0 Å². The van der Waals surface area contributed by atoms with E-state index in [4.69, 9.17) is 21.4 Å². The van der Waals surface area contributed by atoms with Crippen LogP contribution in [0.4, 0.5) is 5.69 Å². The van der Waals surface area contributed by atoms with Crippen LogP contribution < -0.4 is 4.74 Å². The zero-order chi connectivity index (χ0) is 12.1. The van der Waals surface area contributed by atoms with Crippen LogP contribution in [0.25, 0.3) is 0 Å². The first kappa shape index (κ1) is 12.3. The maximum absolute atomic E-state index is 10.7. The molecule has 16 heavy (non-hydrogen) atoms. The SMILES string of the molecule is O=C(O)CCOc1cccc(Cl)c1[N+](=O)[O-]. The minimum Gasteiger partial charge on any atom is -0.486 e. The fourth-order valence-electron chi connectivity index (χ4n) is 1.04. The molecule has 0 atom stereocenters. The van der Waals surface area contributed by atoms with Crippen molar-refractivity contribution in [3.05, 3.63) is 33.3 Å². The molecule has 0 bridgehead atoms. The summed E-state index contributed by atoms with van der Waals surface area (Å²) in [4.78, 5) is 20.2. The Morgan fingerprint density at radius 2 is 2.25 bits per heavy atom. The molecule has 1 rings (SSSR count). The average Bonchev–Trinajstić information content (AvgIpc) is 2.16. The van der Waals surface area contributed by atoms with E-state index in [-0.39, 0.29) is 29.5 Å². The van der Waals surface area contributed by atoms with Crippen LogP contribution in [0.3, 0.4) is 0 Å². The lowest BCUT2D eigenvalue weighted by Crippen LogP contribution is -2.06. The number of carboxylic acids is 1. The smallest absolute Gasteiger partial charge is 0.329 e. The first-order chi connectivity index (χ1) is 7.52. The van der Waals surface area contributed by atoms with Crippen LogP contribution in [0.1, 0.15) is 6.42 Å². The fourth-order valence-corrected chi connectivity index (χ4v) is 1.27. The largest absolute Gasteiger partial charge is 0.486 e. The van der Waals surface area contributed by atoms with Gasteiger partial charge in [0, 0.05) is 0 Å². The highest BCUT2D eigenvalue weighted by Crippen LogP contribution is 2.34. The summed E-state index contributed by atoms with van der Waals surface area (Å²) in [6, 6.07) is 4.22. The van der Waals surface area contributed by atoms with Crippen molar-refractivity contribution in [3.63, 3.8) is 0 Å². The third kappa shape index (κ3) is 3.09. The number of hydrogen-bond acceptors (Lipinski definition) is 4. The maximum Gasteiger partial charge on any atom is 0.329 e. The Bertz CT molecular complexity index is 420. The third-order valence-electron chi connectivity index (χ3n) is 1.71. The Morgan fingerprint density at radius 1 is 1.56 bits per heavy atom. The van der Waals surface area contributed by atoms with Crippen molar-refractivity contribution in [1.82, 2.24) is 0 Å². The Balaban J connectivity index is 2.83. The Hall–Kier alpha value is -1.82. The van der Waals surface area contributed by atoms with Crippen molar-refractivity contribution in [3.8, 4) is 5.75 Å². The van der Waals surface area contributed by atoms with Crippen molar-refractivity contribution in [1.29, 1.82) is 0 Å². The van der Waals surface area contributed by atoms with E-state index >= 15 is 0 Å². The van der Waals surface area contributed by atoms with Gasteiger partial charge in [0.15, 0.2) is 5.75 Å². The van der Waals surface area contributed by atoms with Gasteiger partial charge in [0.05, 0.1) is 18.0 Å². The highest BCUT2D eigenvalue weighted by molar-refractivity contribution is 6.32. The van der Waals surface area contributed by atoms with Gasteiger partial charge < -0.3 is 9.84 Å². The third-order valence-corrected chi connectivity index (χ3v) is 2.01. The number of benzene rings is 1. The van der Waals surface area contributed by atoms with Gasteiger partial charge in [-0.05, 0) is 12.1 Å². The van der Waals surface area contributed by atoms with Crippen LogP contribution >= 0.6 is 11.6 Å². The van der Waals surface area contributed by atoms with Gasteiger partial charge >= 0.3 is 11.7 Å². The molecule has 1 aromatic carbocycles. The van der Waals surface area contributed by atoms with Gasteiger partial charge in [0.1, 0.15) is 5.02 Å². The van der Waals surface area contributed by atoms with Crippen molar-refractivity contribution >= 4 is 23.3 Å². The lowest BCUT2D eigenvalue weighted by molar-refractivity contribution is -0.385. The molecule has 1 aromatic rings. The summed E-state index contributed by atoms with van der Waals surface area (Å²) in [7, 11) is 0.